The Morgan fingerprint density at radius 1 is 0.920 bits per heavy atom. The minimum atomic E-state index is -4.45. The number of halogens is 3. The van der Waals surface area contributed by atoms with E-state index in [2.05, 4.69) is 31.4 Å². The average Bonchev–Trinajstić information content (AvgIpc) is 2.47. The molecule has 2 aromatic rings. The van der Waals surface area contributed by atoms with Gasteiger partial charge in [0.05, 0.1) is 5.56 Å². The van der Waals surface area contributed by atoms with Gasteiger partial charge in [-0.25, -0.2) is 4.79 Å². The van der Waals surface area contributed by atoms with Gasteiger partial charge in [0.15, 0.2) is 0 Å². The third-order valence-electron chi connectivity index (χ3n) is 3.79. The van der Waals surface area contributed by atoms with E-state index in [0.717, 1.165) is 23.3 Å². The van der Waals surface area contributed by atoms with Gasteiger partial charge >= 0.3 is 12.2 Å². The van der Waals surface area contributed by atoms with Crippen LogP contribution in [-0.2, 0) is 11.6 Å². The molecule has 0 saturated heterocycles. The molecule has 0 aromatic heterocycles. The van der Waals surface area contributed by atoms with Crippen LogP contribution in [0.1, 0.15) is 37.5 Å². The quantitative estimate of drug-likeness (QED) is 0.690. The van der Waals surface area contributed by atoms with E-state index in [1.807, 2.05) is 19.1 Å². The molecule has 2 amide bonds. The number of benzene rings is 2. The third kappa shape index (κ3) is 4.98. The minimum Gasteiger partial charge on any atom is -0.308 e. The molecule has 0 aliphatic carbocycles. The van der Waals surface area contributed by atoms with E-state index >= 15 is 0 Å². The molecule has 0 aliphatic heterocycles. The molecule has 134 valence electrons. The number of urea groups is 1. The van der Waals surface area contributed by atoms with Crippen molar-refractivity contribution in [2.45, 2.75) is 39.3 Å². The van der Waals surface area contributed by atoms with Crippen molar-refractivity contribution in [1.29, 1.82) is 0 Å². The average molecular weight is 350 g/mol. The van der Waals surface area contributed by atoms with Crippen molar-refractivity contribution in [3.05, 3.63) is 59.2 Å². The van der Waals surface area contributed by atoms with Crippen molar-refractivity contribution < 1.29 is 18.0 Å². The Labute approximate surface area is 145 Å². The van der Waals surface area contributed by atoms with Crippen LogP contribution in [0, 0.1) is 6.92 Å². The van der Waals surface area contributed by atoms with Crippen LogP contribution in [0.2, 0.25) is 0 Å². The molecule has 2 rings (SSSR count). The van der Waals surface area contributed by atoms with Crippen molar-refractivity contribution in [3.63, 3.8) is 0 Å². The molecular weight excluding hydrogens is 329 g/mol. The first-order valence-electron chi connectivity index (χ1n) is 7.83. The molecule has 0 atom stereocenters. The van der Waals surface area contributed by atoms with Gasteiger partial charge in [-0.15, -0.1) is 0 Å². The Hall–Kier alpha value is -2.50. The number of carbonyl (C=O) groups excluding carboxylic acids is 1. The second kappa shape index (κ2) is 6.78. The lowest BCUT2D eigenvalue weighted by molar-refractivity contribution is -0.137. The van der Waals surface area contributed by atoms with Gasteiger partial charge in [0.1, 0.15) is 0 Å². The molecule has 0 heterocycles. The number of carbonyl (C=O) groups is 1. The second-order valence-electron chi connectivity index (χ2n) is 6.94. The molecule has 0 fully saturated rings. The summed E-state index contributed by atoms with van der Waals surface area (Å²) in [5.41, 5.74) is 1.88. The van der Waals surface area contributed by atoms with Crippen molar-refractivity contribution in [2.75, 3.05) is 10.6 Å². The van der Waals surface area contributed by atoms with Gasteiger partial charge in [-0.2, -0.15) is 13.2 Å². The van der Waals surface area contributed by atoms with E-state index in [1.54, 1.807) is 6.07 Å². The Balaban J connectivity index is 2.11. The van der Waals surface area contributed by atoms with Crippen LogP contribution in [0.3, 0.4) is 0 Å². The number of rotatable bonds is 2. The smallest absolute Gasteiger partial charge is 0.308 e. The maximum absolute atomic E-state index is 12.7. The maximum atomic E-state index is 12.7. The van der Waals surface area contributed by atoms with Gasteiger partial charge in [0.25, 0.3) is 0 Å². The van der Waals surface area contributed by atoms with Crippen LogP contribution in [0.15, 0.2) is 42.5 Å². The van der Waals surface area contributed by atoms with Gasteiger partial charge in [-0.05, 0) is 47.7 Å². The predicted octanol–water partition coefficient (Wildman–Crippen LogP) is 5.96. The Morgan fingerprint density at radius 2 is 1.60 bits per heavy atom. The van der Waals surface area contributed by atoms with Gasteiger partial charge in [0, 0.05) is 11.4 Å². The Bertz CT molecular complexity index is 777. The van der Waals surface area contributed by atoms with Crippen molar-refractivity contribution >= 4 is 17.4 Å². The predicted molar refractivity (Wildman–Crippen MR) is 94.0 cm³/mol. The van der Waals surface area contributed by atoms with Crippen LogP contribution in [0.25, 0.3) is 0 Å². The van der Waals surface area contributed by atoms with Crippen molar-refractivity contribution in [3.8, 4) is 0 Å². The summed E-state index contributed by atoms with van der Waals surface area (Å²) in [7, 11) is 0. The first-order valence-corrected chi connectivity index (χ1v) is 7.83. The van der Waals surface area contributed by atoms with Crippen molar-refractivity contribution in [2.24, 2.45) is 0 Å². The molecule has 25 heavy (non-hydrogen) atoms. The summed E-state index contributed by atoms with van der Waals surface area (Å²) in [4.78, 5) is 12.1. The summed E-state index contributed by atoms with van der Waals surface area (Å²) >= 11 is 0. The highest BCUT2D eigenvalue weighted by molar-refractivity contribution is 6.00. The summed E-state index contributed by atoms with van der Waals surface area (Å²) in [5.74, 6) is 0. The molecular formula is C19H21F3N2O. The summed E-state index contributed by atoms with van der Waals surface area (Å²) in [6.45, 7) is 8.15. The molecule has 0 spiro atoms. The second-order valence-corrected chi connectivity index (χ2v) is 6.94. The monoisotopic (exact) mass is 350 g/mol. The standard InChI is InChI=1S/C19H21F3N2O/c1-12-10-13(18(2,3)4)8-9-16(12)24-17(25)23-15-7-5-6-14(11-15)19(20,21)22/h5-11H,1-4H3,(H2,23,24,25). The highest BCUT2D eigenvalue weighted by Crippen LogP contribution is 2.31. The fraction of sp³-hybridized carbons (Fsp3) is 0.316. The molecule has 2 N–H and O–H groups in total. The van der Waals surface area contributed by atoms with E-state index in [1.165, 1.54) is 12.1 Å². The van der Waals surface area contributed by atoms with Crippen LogP contribution in [0.4, 0.5) is 29.3 Å². The zero-order chi connectivity index (χ0) is 18.8. The SMILES string of the molecule is Cc1cc(C(C)(C)C)ccc1NC(=O)Nc1cccc(C(F)(F)F)c1. The highest BCUT2D eigenvalue weighted by atomic mass is 19.4. The third-order valence-corrected chi connectivity index (χ3v) is 3.79. The number of anilines is 2. The van der Waals surface area contributed by atoms with E-state index in [0.29, 0.717) is 5.69 Å². The van der Waals surface area contributed by atoms with Crippen LogP contribution >= 0.6 is 0 Å². The fourth-order valence-corrected chi connectivity index (χ4v) is 2.33. The molecule has 6 heteroatoms. The molecule has 0 radical (unpaired) electrons. The zero-order valence-corrected chi connectivity index (χ0v) is 14.6. The largest absolute Gasteiger partial charge is 0.416 e. The Morgan fingerprint density at radius 3 is 2.16 bits per heavy atom. The molecule has 0 aliphatic rings. The van der Waals surface area contributed by atoms with Gasteiger partial charge in [-0.3, -0.25) is 0 Å². The number of aryl methyl sites for hydroxylation is 1. The number of hydrogen-bond acceptors (Lipinski definition) is 1. The van der Waals surface area contributed by atoms with Gasteiger partial charge in [-0.1, -0.05) is 39.0 Å². The highest BCUT2D eigenvalue weighted by Gasteiger charge is 2.30. The number of alkyl halides is 3. The number of hydrogen-bond donors (Lipinski definition) is 2. The maximum Gasteiger partial charge on any atom is 0.416 e. The van der Waals surface area contributed by atoms with Gasteiger partial charge in [0.2, 0.25) is 0 Å². The zero-order valence-electron chi connectivity index (χ0n) is 14.6. The molecule has 0 bridgehead atoms. The number of amides is 2. The topological polar surface area (TPSA) is 41.1 Å². The van der Waals surface area contributed by atoms with Crippen LogP contribution in [0.5, 0.6) is 0 Å². The molecule has 3 nitrogen and oxygen atoms in total. The van der Waals surface area contributed by atoms with E-state index in [9.17, 15) is 18.0 Å². The number of nitrogens with one attached hydrogen (secondary N) is 2. The summed E-state index contributed by atoms with van der Waals surface area (Å²) < 4.78 is 38.1. The first kappa shape index (κ1) is 18.8. The van der Waals surface area contributed by atoms with Crippen LogP contribution < -0.4 is 10.6 Å². The Kier molecular flexibility index (Phi) is 5.11. The van der Waals surface area contributed by atoms with E-state index in [4.69, 9.17) is 0 Å². The van der Waals surface area contributed by atoms with E-state index in [-0.39, 0.29) is 11.1 Å². The summed E-state index contributed by atoms with van der Waals surface area (Å²) in [6.07, 6.45) is -4.45. The summed E-state index contributed by atoms with van der Waals surface area (Å²) in [6, 6.07) is 9.62. The lowest BCUT2D eigenvalue weighted by Crippen LogP contribution is -2.20. The normalized spacial score (nSPS) is 12.0. The van der Waals surface area contributed by atoms with Gasteiger partial charge < -0.3 is 10.6 Å². The van der Waals surface area contributed by atoms with Crippen molar-refractivity contribution in [1.82, 2.24) is 0 Å². The summed E-state index contributed by atoms with van der Waals surface area (Å²) in [5, 5.41) is 5.09. The van der Waals surface area contributed by atoms with Crippen LogP contribution in [-0.4, -0.2) is 6.03 Å². The first-order chi connectivity index (χ1) is 11.5. The lowest BCUT2D eigenvalue weighted by Gasteiger charge is -2.20. The molecule has 0 saturated carbocycles. The lowest BCUT2D eigenvalue weighted by atomic mass is 9.86. The fourth-order valence-electron chi connectivity index (χ4n) is 2.33. The minimum absolute atomic E-state index is 0.0103. The van der Waals surface area contributed by atoms with E-state index < -0.39 is 17.8 Å². The molecule has 2 aromatic carbocycles. The molecule has 0 unspecified atom stereocenters.